The van der Waals surface area contributed by atoms with Crippen molar-refractivity contribution in [2.45, 2.75) is 26.8 Å². The number of aromatic nitrogens is 3. The van der Waals surface area contributed by atoms with E-state index in [1.807, 2.05) is 19.9 Å². The number of nitrogens with one attached hydrogen (secondary N) is 1. The first kappa shape index (κ1) is 15.1. The predicted octanol–water partition coefficient (Wildman–Crippen LogP) is 2.13. The van der Waals surface area contributed by atoms with Gasteiger partial charge in [0.25, 0.3) is 5.91 Å². The van der Waals surface area contributed by atoms with E-state index >= 15 is 0 Å². The van der Waals surface area contributed by atoms with Crippen LogP contribution in [0.1, 0.15) is 34.3 Å². The second kappa shape index (κ2) is 6.12. The summed E-state index contributed by atoms with van der Waals surface area (Å²) < 4.78 is 12.1. The minimum Gasteiger partial charge on any atom is -0.494 e. The molecule has 7 heteroatoms. The van der Waals surface area contributed by atoms with Gasteiger partial charge in [-0.3, -0.25) is 4.79 Å². The van der Waals surface area contributed by atoms with Gasteiger partial charge in [-0.25, -0.2) is 4.52 Å². The Hall–Kier alpha value is -2.83. The summed E-state index contributed by atoms with van der Waals surface area (Å²) in [4.78, 5) is 12.5. The van der Waals surface area contributed by atoms with Crippen molar-refractivity contribution < 1.29 is 14.1 Å². The molecule has 120 valence electrons. The van der Waals surface area contributed by atoms with E-state index < -0.39 is 0 Å². The van der Waals surface area contributed by atoms with Gasteiger partial charge in [-0.15, -0.1) is 0 Å². The van der Waals surface area contributed by atoms with E-state index in [-0.39, 0.29) is 5.91 Å². The van der Waals surface area contributed by atoms with E-state index in [2.05, 4.69) is 15.6 Å². The summed E-state index contributed by atoms with van der Waals surface area (Å²) in [5, 5.41) is 11.1. The standard InChI is InChI=1S/C16H18N4O3/c1-4-13-11(10(2)23-19-13)8-17-16(21)12-9-18-20-7-5-6-14(22-3)15(12)20/h5-7,9H,4,8H2,1-3H3,(H,17,21). The van der Waals surface area contributed by atoms with Crippen molar-refractivity contribution in [1.29, 1.82) is 0 Å². The van der Waals surface area contributed by atoms with Gasteiger partial charge in [0, 0.05) is 18.3 Å². The second-order valence-corrected chi connectivity index (χ2v) is 5.13. The Morgan fingerprint density at radius 3 is 3.04 bits per heavy atom. The van der Waals surface area contributed by atoms with Gasteiger partial charge >= 0.3 is 0 Å². The number of ether oxygens (including phenoxy) is 1. The highest BCUT2D eigenvalue weighted by Crippen LogP contribution is 2.23. The lowest BCUT2D eigenvalue weighted by Crippen LogP contribution is -2.23. The van der Waals surface area contributed by atoms with Crippen LogP contribution in [0.5, 0.6) is 5.75 Å². The fraction of sp³-hybridized carbons (Fsp3) is 0.312. The van der Waals surface area contributed by atoms with Crippen LogP contribution in [0.4, 0.5) is 0 Å². The largest absolute Gasteiger partial charge is 0.494 e. The molecule has 3 rings (SSSR count). The zero-order chi connectivity index (χ0) is 16.4. The summed E-state index contributed by atoms with van der Waals surface area (Å²) in [5.41, 5.74) is 2.89. The van der Waals surface area contributed by atoms with Gasteiger partial charge in [0.1, 0.15) is 17.0 Å². The van der Waals surface area contributed by atoms with E-state index in [1.54, 1.807) is 23.9 Å². The smallest absolute Gasteiger partial charge is 0.255 e. The summed E-state index contributed by atoms with van der Waals surface area (Å²) >= 11 is 0. The molecule has 0 aliphatic carbocycles. The van der Waals surface area contributed by atoms with Crippen LogP contribution in [0.25, 0.3) is 5.52 Å². The fourth-order valence-electron chi connectivity index (χ4n) is 2.55. The molecule has 0 unspecified atom stereocenters. The average Bonchev–Trinajstić information content (AvgIpc) is 3.15. The summed E-state index contributed by atoms with van der Waals surface area (Å²) in [6, 6.07) is 3.61. The topological polar surface area (TPSA) is 81.7 Å². The molecular formula is C16H18N4O3. The van der Waals surface area contributed by atoms with Crippen LogP contribution in [0.15, 0.2) is 29.0 Å². The quantitative estimate of drug-likeness (QED) is 0.780. The third-order valence-corrected chi connectivity index (χ3v) is 3.79. The Labute approximate surface area is 133 Å². The molecule has 0 radical (unpaired) electrons. The van der Waals surface area contributed by atoms with Crippen LogP contribution in [-0.2, 0) is 13.0 Å². The molecule has 7 nitrogen and oxygen atoms in total. The van der Waals surface area contributed by atoms with Crippen LogP contribution in [0.3, 0.4) is 0 Å². The highest BCUT2D eigenvalue weighted by atomic mass is 16.5. The highest BCUT2D eigenvalue weighted by Gasteiger charge is 2.18. The minimum atomic E-state index is -0.216. The molecule has 0 atom stereocenters. The SMILES string of the molecule is CCc1noc(C)c1CNC(=O)c1cnn2cccc(OC)c12. The third-order valence-electron chi connectivity index (χ3n) is 3.79. The van der Waals surface area contributed by atoms with Crippen LogP contribution < -0.4 is 10.1 Å². The Kier molecular flexibility index (Phi) is 4.01. The number of pyridine rings is 1. The molecule has 23 heavy (non-hydrogen) atoms. The van der Waals surface area contributed by atoms with Gasteiger partial charge in [-0.2, -0.15) is 5.10 Å². The first-order valence-corrected chi connectivity index (χ1v) is 7.38. The number of methoxy groups -OCH3 is 1. The zero-order valence-corrected chi connectivity index (χ0v) is 13.3. The lowest BCUT2D eigenvalue weighted by atomic mass is 10.1. The number of carbonyl (C=O) groups is 1. The second-order valence-electron chi connectivity index (χ2n) is 5.13. The average molecular weight is 314 g/mol. The van der Waals surface area contributed by atoms with Crippen molar-refractivity contribution in [3.05, 3.63) is 47.1 Å². The van der Waals surface area contributed by atoms with Gasteiger partial charge in [0.05, 0.1) is 24.6 Å². The molecule has 0 aromatic carbocycles. The van der Waals surface area contributed by atoms with Crippen LogP contribution >= 0.6 is 0 Å². The Morgan fingerprint density at radius 1 is 1.48 bits per heavy atom. The number of hydrogen-bond acceptors (Lipinski definition) is 5. The van der Waals surface area contributed by atoms with Crippen LogP contribution in [0.2, 0.25) is 0 Å². The minimum absolute atomic E-state index is 0.216. The molecule has 0 aliphatic rings. The van der Waals surface area contributed by atoms with Gasteiger partial charge in [0.2, 0.25) is 0 Å². The molecule has 1 amide bonds. The van der Waals surface area contributed by atoms with E-state index in [0.717, 1.165) is 23.4 Å². The Bertz CT molecular complexity index is 850. The molecule has 3 heterocycles. The summed E-state index contributed by atoms with van der Waals surface area (Å²) in [6.07, 6.45) is 4.06. The maximum absolute atomic E-state index is 12.5. The Balaban J connectivity index is 1.85. The van der Waals surface area contributed by atoms with Crippen molar-refractivity contribution in [1.82, 2.24) is 20.1 Å². The number of aryl methyl sites for hydroxylation is 2. The lowest BCUT2D eigenvalue weighted by Gasteiger charge is -2.06. The molecule has 1 N–H and O–H groups in total. The first-order chi connectivity index (χ1) is 11.2. The lowest BCUT2D eigenvalue weighted by molar-refractivity contribution is 0.0952. The molecule has 3 aromatic rings. The number of carbonyl (C=O) groups excluding carboxylic acids is 1. The molecule has 3 aromatic heterocycles. The fourth-order valence-corrected chi connectivity index (χ4v) is 2.55. The number of amides is 1. The number of nitrogens with zero attached hydrogens (tertiary/aromatic N) is 3. The first-order valence-electron chi connectivity index (χ1n) is 7.38. The summed E-state index contributed by atoms with van der Waals surface area (Å²) in [5.74, 6) is 1.11. The zero-order valence-electron chi connectivity index (χ0n) is 13.3. The molecule has 0 aliphatic heterocycles. The number of rotatable bonds is 5. The maximum atomic E-state index is 12.5. The predicted molar refractivity (Wildman–Crippen MR) is 83.5 cm³/mol. The maximum Gasteiger partial charge on any atom is 0.255 e. The molecular weight excluding hydrogens is 296 g/mol. The molecule has 0 bridgehead atoms. The monoisotopic (exact) mass is 314 g/mol. The Morgan fingerprint density at radius 2 is 2.30 bits per heavy atom. The van der Waals surface area contributed by atoms with Crippen LogP contribution in [-0.4, -0.2) is 27.8 Å². The van der Waals surface area contributed by atoms with Crippen molar-refractivity contribution >= 4 is 11.4 Å². The highest BCUT2D eigenvalue weighted by molar-refractivity contribution is 6.02. The molecule has 0 saturated heterocycles. The van der Waals surface area contributed by atoms with Gasteiger partial charge in [0.15, 0.2) is 0 Å². The van der Waals surface area contributed by atoms with Crippen molar-refractivity contribution in [2.75, 3.05) is 7.11 Å². The van der Waals surface area contributed by atoms with Crippen LogP contribution in [0, 0.1) is 6.92 Å². The number of hydrogen-bond donors (Lipinski definition) is 1. The van der Waals surface area contributed by atoms with Crippen molar-refractivity contribution in [2.24, 2.45) is 0 Å². The summed E-state index contributed by atoms with van der Waals surface area (Å²) in [6.45, 7) is 4.20. The van der Waals surface area contributed by atoms with Gasteiger partial charge < -0.3 is 14.6 Å². The van der Waals surface area contributed by atoms with E-state index in [0.29, 0.717) is 23.4 Å². The third kappa shape index (κ3) is 2.65. The molecule has 0 saturated carbocycles. The van der Waals surface area contributed by atoms with E-state index in [4.69, 9.17) is 9.26 Å². The van der Waals surface area contributed by atoms with Gasteiger partial charge in [-0.1, -0.05) is 12.1 Å². The van der Waals surface area contributed by atoms with Crippen molar-refractivity contribution in [3.8, 4) is 5.75 Å². The van der Waals surface area contributed by atoms with Gasteiger partial charge in [-0.05, 0) is 25.5 Å². The van der Waals surface area contributed by atoms with E-state index in [1.165, 1.54) is 6.20 Å². The molecule has 0 fully saturated rings. The number of fused-ring (bicyclic) bond motifs is 1. The normalized spacial score (nSPS) is 10.9. The molecule has 0 spiro atoms. The summed E-state index contributed by atoms with van der Waals surface area (Å²) in [7, 11) is 1.57. The van der Waals surface area contributed by atoms with E-state index in [9.17, 15) is 4.79 Å². The van der Waals surface area contributed by atoms with Crippen molar-refractivity contribution in [3.63, 3.8) is 0 Å².